The summed E-state index contributed by atoms with van der Waals surface area (Å²) in [5, 5.41) is 24.1. The van der Waals surface area contributed by atoms with E-state index < -0.39 is 0 Å². The summed E-state index contributed by atoms with van der Waals surface area (Å²) >= 11 is 3.20. The van der Waals surface area contributed by atoms with E-state index in [1.165, 1.54) is 16.6 Å². The number of H-pyrrole nitrogens is 1. The van der Waals surface area contributed by atoms with E-state index in [4.69, 9.17) is 0 Å². The van der Waals surface area contributed by atoms with E-state index in [9.17, 15) is 5.26 Å². The normalized spacial score (nSPS) is 10.8. The van der Waals surface area contributed by atoms with E-state index >= 15 is 0 Å². The molecule has 6 nitrogen and oxygen atoms in total. The molecule has 4 rings (SSSR count). The number of thiophene rings is 1. The lowest BCUT2D eigenvalue weighted by atomic mass is 10.2. The number of hydrogen-bond donors (Lipinski definition) is 1. The molecule has 0 radical (unpaired) electrons. The number of thioether (sulfide) groups is 1. The van der Waals surface area contributed by atoms with Crippen LogP contribution in [0.4, 0.5) is 0 Å². The highest BCUT2D eigenvalue weighted by Gasteiger charge is 2.17. The number of nitrogens with one attached hydrogen (secondary N) is 1. The summed E-state index contributed by atoms with van der Waals surface area (Å²) in [6.07, 6.45) is 0.746. The van der Waals surface area contributed by atoms with Crippen LogP contribution < -0.4 is 0 Å². The Morgan fingerprint density at radius 1 is 1.22 bits per heavy atom. The molecule has 0 amide bonds. The monoisotopic (exact) mass is 392 g/mol. The fraction of sp³-hybridized carbons (Fsp3) is 0.158. The number of rotatable bonds is 6. The van der Waals surface area contributed by atoms with Gasteiger partial charge in [0.25, 0.3) is 0 Å². The number of aromatic nitrogens is 5. The Hall–Kier alpha value is -2.89. The van der Waals surface area contributed by atoms with Crippen molar-refractivity contribution in [3.8, 4) is 11.8 Å². The van der Waals surface area contributed by atoms with Crippen LogP contribution in [0.3, 0.4) is 0 Å². The molecule has 0 fully saturated rings. The molecule has 0 atom stereocenters. The first-order valence-corrected chi connectivity index (χ1v) is 10.2. The lowest BCUT2D eigenvalue weighted by Gasteiger charge is -2.06. The summed E-state index contributed by atoms with van der Waals surface area (Å²) in [4.78, 5) is 5.80. The highest BCUT2D eigenvalue weighted by molar-refractivity contribution is 7.98. The second kappa shape index (κ2) is 7.78. The van der Waals surface area contributed by atoms with Crippen molar-refractivity contribution in [3.63, 3.8) is 0 Å². The van der Waals surface area contributed by atoms with E-state index in [1.807, 2.05) is 48.0 Å². The first-order valence-electron chi connectivity index (χ1n) is 8.35. The molecule has 3 heterocycles. The predicted octanol–water partition coefficient (Wildman–Crippen LogP) is 4.12. The van der Waals surface area contributed by atoms with Crippen LogP contribution in [-0.2, 0) is 12.2 Å². The van der Waals surface area contributed by atoms with Crippen LogP contribution in [0.2, 0.25) is 0 Å². The van der Waals surface area contributed by atoms with Gasteiger partial charge in [-0.2, -0.15) is 10.4 Å². The largest absolute Gasteiger partial charge is 0.262 e. The molecule has 0 aliphatic rings. The second-order valence-corrected chi connectivity index (χ2v) is 7.85. The van der Waals surface area contributed by atoms with E-state index in [1.54, 1.807) is 11.3 Å². The Labute approximate surface area is 164 Å². The molecule has 4 aromatic rings. The number of aromatic amines is 1. The Kier molecular flexibility index (Phi) is 5.05. The first-order chi connectivity index (χ1) is 13.2. The van der Waals surface area contributed by atoms with Gasteiger partial charge in [0, 0.05) is 17.1 Å². The van der Waals surface area contributed by atoms with Gasteiger partial charge < -0.3 is 0 Å². The lowest BCUT2D eigenvalue weighted by molar-refractivity contribution is 0.827. The third-order valence-corrected chi connectivity index (χ3v) is 5.77. The van der Waals surface area contributed by atoms with Crippen molar-refractivity contribution in [2.24, 2.45) is 0 Å². The van der Waals surface area contributed by atoms with Gasteiger partial charge in [0.05, 0.1) is 22.6 Å². The van der Waals surface area contributed by atoms with Gasteiger partial charge in [-0.1, -0.05) is 36.0 Å². The number of para-hydroxylation sites is 1. The smallest absolute Gasteiger partial charge is 0.208 e. The molecule has 134 valence electrons. The maximum absolute atomic E-state index is 9.56. The van der Waals surface area contributed by atoms with Crippen molar-refractivity contribution in [1.29, 1.82) is 5.26 Å². The number of hydrogen-bond acceptors (Lipinski definition) is 6. The summed E-state index contributed by atoms with van der Waals surface area (Å²) in [5.74, 6) is 1.41. The van der Waals surface area contributed by atoms with Gasteiger partial charge >= 0.3 is 0 Å². The Morgan fingerprint density at radius 3 is 2.81 bits per heavy atom. The molecule has 0 aliphatic heterocycles. The van der Waals surface area contributed by atoms with Gasteiger partial charge in [-0.05, 0) is 30.5 Å². The maximum atomic E-state index is 9.56. The van der Waals surface area contributed by atoms with Crippen molar-refractivity contribution in [3.05, 3.63) is 75.5 Å². The Balaban J connectivity index is 1.55. The van der Waals surface area contributed by atoms with Crippen molar-refractivity contribution >= 4 is 23.1 Å². The lowest BCUT2D eigenvalue weighted by Crippen LogP contribution is -2.02. The van der Waals surface area contributed by atoms with Crippen molar-refractivity contribution in [2.45, 2.75) is 24.3 Å². The summed E-state index contributed by atoms with van der Waals surface area (Å²) in [7, 11) is 0. The molecule has 0 saturated carbocycles. The summed E-state index contributed by atoms with van der Waals surface area (Å²) < 4.78 is 1.83. The molecule has 8 heteroatoms. The number of nitrogens with zero attached hydrogens (tertiary/aromatic N) is 5. The number of benzene rings is 1. The van der Waals surface area contributed by atoms with Crippen LogP contribution >= 0.6 is 23.1 Å². The molecule has 0 unspecified atom stereocenters. The average molecular weight is 393 g/mol. The van der Waals surface area contributed by atoms with E-state index in [-0.39, 0.29) is 0 Å². The molecule has 27 heavy (non-hydrogen) atoms. The summed E-state index contributed by atoms with van der Waals surface area (Å²) in [6.45, 7) is 1.86. The molecule has 0 saturated heterocycles. The maximum Gasteiger partial charge on any atom is 0.208 e. The van der Waals surface area contributed by atoms with Crippen LogP contribution in [0.5, 0.6) is 0 Å². The molecule has 0 aliphatic carbocycles. The molecule has 0 spiro atoms. The van der Waals surface area contributed by atoms with Gasteiger partial charge in [0.1, 0.15) is 11.9 Å². The predicted molar refractivity (Wildman–Crippen MR) is 106 cm³/mol. The minimum absolute atomic E-state index is 0.564. The average Bonchev–Trinajstić information content (AvgIpc) is 3.42. The van der Waals surface area contributed by atoms with Crippen molar-refractivity contribution < 1.29 is 0 Å². The van der Waals surface area contributed by atoms with Gasteiger partial charge in [0.15, 0.2) is 0 Å². The van der Waals surface area contributed by atoms with Crippen molar-refractivity contribution in [1.82, 2.24) is 25.0 Å². The SMILES string of the molecule is Cc1nn(-c2ccccc2)c(CSc2n[nH]c(Cc3cccs3)n2)c1C#N. The molecule has 1 aromatic carbocycles. The quantitative estimate of drug-likeness (QED) is 0.499. The topological polar surface area (TPSA) is 83.2 Å². The standard InChI is InChI=1S/C19H16N6S2/c1-13-16(11-20)17(25(24-13)14-6-3-2-4-7-14)12-27-19-21-18(22-23-19)10-15-8-5-9-26-15/h2-9H,10,12H2,1H3,(H,21,22,23). The van der Waals surface area contributed by atoms with Gasteiger partial charge in [-0.15, -0.1) is 16.4 Å². The first kappa shape index (κ1) is 17.5. The zero-order valence-corrected chi connectivity index (χ0v) is 16.2. The summed E-state index contributed by atoms with van der Waals surface area (Å²) in [5.41, 5.74) is 3.13. The molecule has 1 N–H and O–H groups in total. The Bertz CT molecular complexity index is 1070. The van der Waals surface area contributed by atoms with Crippen LogP contribution in [0, 0.1) is 18.3 Å². The molecular weight excluding hydrogens is 376 g/mol. The van der Waals surface area contributed by atoms with Gasteiger partial charge in [0.2, 0.25) is 5.16 Å². The van der Waals surface area contributed by atoms with Crippen molar-refractivity contribution in [2.75, 3.05) is 0 Å². The summed E-state index contributed by atoms with van der Waals surface area (Å²) in [6, 6.07) is 16.2. The van der Waals surface area contributed by atoms with Crippen LogP contribution in [0.1, 0.15) is 27.7 Å². The number of nitriles is 1. The fourth-order valence-electron chi connectivity index (χ4n) is 2.77. The van der Waals surface area contributed by atoms with Crippen LogP contribution in [0.25, 0.3) is 5.69 Å². The number of aryl methyl sites for hydroxylation is 1. The highest BCUT2D eigenvalue weighted by Crippen LogP contribution is 2.26. The third-order valence-electron chi connectivity index (χ3n) is 4.04. The molecule has 3 aromatic heterocycles. The van der Waals surface area contributed by atoms with Gasteiger partial charge in [-0.25, -0.2) is 9.67 Å². The van der Waals surface area contributed by atoms with E-state index in [2.05, 4.69) is 37.8 Å². The van der Waals surface area contributed by atoms with Crippen LogP contribution in [0.15, 0.2) is 53.0 Å². The van der Waals surface area contributed by atoms with Gasteiger partial charge in [-0.3, -0.25) is 5.10 Å². The van der Waals surface area contributed by atoms with Crippen LogP contribution in [-0.4, -0.2) is 25.0 Å². The zero-order chi connectivity index (χ0) is 18.6. The van der Waals surface area contributed by atoms with E-state index in [0.29, 0.717) is 16.5 Å². The molecular formula is C19H16N6S2. The fourth-order valence-corrected chi connectivity index (χ4v) is 4.30. The minimum atomic E-state index is 0.564. The second-order valence-electron chi connectivity index (χ2n) is 5.88. The molecule has 0 bridgehead atoms. The third kappa shape index (κ3) is 3.79. The minimum Gasteiger partial charge on any atom is -0.262 e. The zero-order valence-electron chi connectivity index (χ0n) is 14.6. The Morgan fingerprint density at radius 2 is 2.07 bits per heavy atom. The highest BCUT2D eigenvalue weighted by atomic mass is 32.2. The van der Waals surface area contributed by atoms with E-state index in [0.717, 1.165) is 29.3 Å².